The Kier molecular flexibility index (Phi) is 6.90. The summed E-state index contributed by atoms with van der Waals surface area (Å²) in [5.41, 5.74) is 2.53. The van der Waals surface area contributed by atoms with Gasteiger partial charge in [0, 0.05) is 37.2 Å². The topological polar surface area (TPSA) is 108 Å². The molecule has 3 aromatic heterocycles. The third kappa shape index (κ3) is 5.31. The van der Waals surface area contributed by atoms with Crippen LogP contribution in [0.15, 0.2) is 34.6 Å². The van der Waals surface area contributed by atoms with Gasteiger partial charge in [0.05, 0.1) is 22.4 Å². The monoisotopic (exact) mass is 468 g/mol. The molecule has 3 aromatic rings. The number of hydrogen-bond donors (Lipinski definition) is 2. The molecule has 2 N–H and O–H groups in total. The smallest absolute Gasteiger partial charge is 0.328 e. The van der Waals surface area contributed by atoms with Crippen LogP contribution in [0, 0.1) is 0 Å². The van der Waals surface area contributed by atoms with Gasteiger partial charge >= 0.3 is 5.97 Å². The fourth-order valence-corrected chi connectivity index (χ4v) is 4.94. The van der Waals surface area contributed by atoms with Gasteiger partial charge in [-0.1, -0.05) is 13.8 Å². The van der Waals surface area contributed by atoms with Crippen LogP contribution in [0.3, 0.4) is 0 Å². The van der Waals surface area contributed by atoms with Gasteiger partial charge in [-0.2, -0.15) is 0 Å². The second-order valence-electron chi connectivity index (χ2n) is 8.65. The van der Waals surface area contributed by atoms with Crippen LogP contribution >= 0.6 is 11.3 Å². The zero-order valence-corrected chi connectivity index (χ0v) is 19.6. The molecule has 4 rings (SSSR count). The van der Waals surface area contributed by atoms with Crippen molar-refractivity contribution in [3.05, 3.63) is 62.0 Å². The molecule has 1 saturated heterocycles. The Labute approximate surface area is 195 Å². The second kappa shape index (κ2) is 9.84. The van der Waals surface area contributed by atoms with Crippen LogP contribution in [0.2, 0.25) is 0 Å². The van der Waals surface area contributed by atoms with Crippen LogP contribution in [0.1, 0.15) is 54.4 Å². The molecule has 4 heterocycles. The molecule has 1 fully saturated rings. The van der Waals surface area contributed by atoms with Crippen molar-refractivity contribution in [3.8, 4) is 0 Å². The molecule has 8 nitrogen and oxygen atoms in total. The lowest BCUT2D eigenvalue weighted by Gasteiger charge is -2.32. The Morgan fingerprint density at radius 2 is 2.15 bits per heavy atom. The highest BCUT2D eigenvalue weighted by atomic mass is 32.1. The minimum atomic E-state index is -1.14. The summed E-state index contributed by atoms with van der Waals surface area (Å²) in [7, 11) is 0. The summed E-state index contributed by atoms with van der Waals surface area (Å²) < 4.78 is 1.44. The van der Waals surface area contributed by atoms with Gasteiger partial charge < -0.3 is 15.1 Å². The van der Waals surface area contributed by atoms with E-state index in [-0.39, 0.29) is 11.1 Å². The maximum atomic E-state index is 13.2. The van der Waals surface area contributed by atoms with E-state index in [1.165, 1.54) is 10.5 Å². The van der Waals surface area contributed by atoms with Gasteiger partial charge in [0.2, 0.25) is 0 Å². The fourth-order valence-electron chi connectivity index (χ4n) is 3.98. The normalized spacial score (nSPS) is 16.8. The summed E-state index contributed by atoms with van der Waals surface area (Å²) in [4.78, 5) is 35.6. The number of rotatable bonds is 7. The summed E-state index contributed by atoms with van der Waals surface area (Å²) in [5, 5.41) is 22.4. The molecule has 0 spiro atoms. The molecule has 0 aromatic carbocycles. The van der Waals surface area contributed by atoms with E-state index in [0.29, 0.717) is 36.9 Å². The van der Waals surface area contributed by atoms with Gasteiger partial charge in [-0.3, -0.25) is 9.20 Å². The molecule has 1 unspecified atom stereocenters. The number of aryl methyl sites for hydroxylation is 2. The van der Waals surface area contributed by atoms with E-state index >= 15 is 0 Å². The third-order valence-electron chi connectivity index (χ3n) is 5.79. The van der Waals surface area contributed by atoms with Gasteiger partial charge in [0.1, 0.15) is 11.5 Å². The second-order valence-corrected chi connectivity index (χ2v) is 9.59. The van der Waals surface area contributed by atoms with E-state index in [4.69, 9.17) is 15.1 Å². The highest BCUT2D eigenvalue weighted by molar-refractivity contribution is 7.09. The molecular formula is C24H28N4O4S. The quantitative estimate of drug-likeness (QED) is 0.513. The van der Waals surface area contributed by atoms with Gasteiger partial charge in [-0.25, -0.2) is 14.8 Å². The standard InChI is InChI=1S/C24H28N4O4S/c1-15(2)19-14-33-21(25-19)7-5-16-9-11-28-20(12-16)26-23(27-10-3-4-17(29)13-27)18(24(28)32)6-8-22(30)31/h6,8-9,11-12,14-15,17,29H,3-5,7,10,13H2,1-2H3,(H,30,31). The van der Waals surface area contributed by atoms with E-state index in [2.05, 4.69) is 19.2 Å². The van der Waals surface area contributed by atoms with E-state index in [0.717, 1.165) is 41.6 Å². The molecule has 1 aliphatic heterocycles. The summed E-state index contributed by atoms with van der Waals surface area (Å²) in [6.07, 6.45) is 6.48. The molecule has 33 heavy (non-hydrogen) atoms. The molecule has 9 heteroatoms. The fraction of sp³-hybridized carbons (Fsp3) is 0.417. The van der Waals surface area contributed by atoms with Crippen LogP contribution in [0.25, 0.3) is 11.7 Å². The SMILES string of the molecule is CC(C)c1csc(CCc2ccn3c(=O)c(C=CC(=O)O)c(N4CCCC(O)C4)nc3c2)n1. The van der Waals surface area contributed by atoms with E-state index in [1.807, 2.05) is 17.0 Å². The third-order valence-corrected chi connectivity index (χ3v) is 6.71. The predicted octanol–water partition coefficient (Wildman–Crippen LogP) is 3.12. The Bertz CT molecular complexity index is 1250. The maximum absolute atomic E-state index is 13.2. The molecular weight excluding hydrogens is 440 g/mol. The number of aliphatic hydroxyl groups excluding tert-OH is 1. The van der Waals surface area contributed by atoms with Gasteiger partial charge in [-0.05, 0) is 49.0 Å². The average Bonchev–Trinajstić information content (AvgIpc) is 3.26. The molecule has 0 aliphatic carbocycles. The Balaban J connectivity index is 1.68. The number of carboxylic acids is 1. The summed E-state index contributed by atoms with van der Waals surface area (Å²) in [6.45, 7) is 5.27. The molecule has 0 radical (unpaired) electrons. The van der Waals surface area contributed by atoms with Crippen molar-refractivity contribution < 1.29 is 15.0 Å². The maximum Gasteiger partial charge on any atom is 0.328 e. The van der Waals surface area contributed by atoms with Crippen molar-refractivity contribution in [3.63, 3.8) is 0 Å². The van der Waals surface area contributed by atoms with Crippen molar-refractivity contribution >= 4 is 34.8 Å². The molecule has 1 atom stereocenters. The lowest BCUT2D eigenvalue weighted by Crippen LogP contribution is -2.40. The van der Waals surface area contributed by atoms with Crippen molar-refractivity contribution in [2.24, 2.45) is 0 Å². The van der Waals surface area contributed by atoms with Crippen LogP contribution in [0.4, 0.5) is 5.82 Å². The van der Waals surface area contributed by atoms with Gasteiger partial charge in [-0.15, -0.1) is 11.3 Å². The average molecular weight is 469 g/mol. The molecule has 174 valence electrons. The first-order valence-corrected chi connectivity index (χ1v) is 12.0. The van der Waals surface area contributed by atoms with Gasteiger partial charge in [0.25, 0.3) is 5.56 Å². The lowest BCUT2D eigenvalue weighted by molar-refractivity contribution is -0.131. The van der Waals surface area contributed by atoms with Crippen molar-refractivity contribution in [1.29, 1.82) is 0 Å². The number of aliphatic hydroxyl groups is 1. The molecule has 1 aliphatic rings. The lowest BCUT2D eigenvalue weighted by atomic mass is 10.1. The summed E-state index contributed by atoms with van der Waals surface area (Å²) in [6, 6.07) is 3.79. The van der Waals surface area contributed by atoms with Gasteiger partial charge in [0.15, 0.2) is 0 Å². The number of pyridine rings is 1. The largest absolute Gasteiger partial charge is 0.478 e. The molecule has 0 amide bonds. The number of thiazole rings is 1. The highest BCUT2D eigenvalue weighted by Gasteiger charge is 2.23. The van der Waals surface area contributed by atoms with Crippen LogP contribution in [-0.2, 0) is 17.6 Å². The Morgan fingerprint density at radius 1 is 1.33 bits per heavy atom. The number of aliphatic carboxylic acids is 1. The number of piperidine rings is 1. The zero-order valence-electron chi connectivity index (χ0n) is 18.8. The number of nitrogens with zero attached hydrogens (tertiary/aromatic N) is 4. The Morgan fingerprint density at radius 3 is 2.85 bits per heavy atom. The minimum absolute atomic E-state index is 0.209. The predicted molar refractivity (Wildman–Crippen MR) is 129 cm³/mol. The van der Waals surface area contributed by atoms with Crippen LogP contribution in [-0.4, -0.2) is 49.7 Å². The highest BCUT2D eigenvalue weighted by Crippen LogP contribution is 2.23. The molecule has 0 saturated carbocycles. The Hall–Kier alpha value is -3.04. The van der Waals surface area contributed by atoms with Crippen molar-refractivity contribution in [2.75, 3.05) is 18.0 Å². The molecule has 0 bridgehead atoms. The number of β-amino-alcohol motifs (C(OH)–C–C–N with tert-alkyl or cyclic N) is 1. The number of carboxylic acid groups (broad SMARTS) is 1. The number of aromatic nitrogens is 3. The zero-order chi connectivity index (χ0) is 23.5. The number of fused-ring (bicyclic) bond motifs is 1. The van der Waals surface area contributed by atoms with Crippen LogP contribution in [0.5, 0.6) is 0 Å². The van der Waals surface area contributed by atoms with E-state index in [1.54, 1.807) is 17.5 Å². The van der Waals surface area contributed by atoms with E-state index in [9.17, 15) is 14.7 Å². The first kappa shape index (κ1) is 23.1. The number of carbonyl (C=O) groups is 1. The van der Waals surface area contributed by atoms with Crippen molar-refractivity contribution in [1.82, 2.24) is 14.4 Å². The van der Waals surface area contributed by atoms with E-state index < -0.39 is 12.1 Å². The summed E-state index contributed by atoms with van der Waals surface area (Å²) >= 11 is 1.67. The summed E-state index contributed by atoms with van der Waals surface area (Å²) in [5.74, 6) is -0.319. The number of anilines is 1. The van der Waals surface area contributed by atoms with Crippen LogP contribution < -0.4 is 10.5 Å². The first-order valence-electron chi connectivity index (χ1n) is 11.2. The minimum Gasteiger partial charge on any atom is -0.478 e. The first-order chi connectivity index (χ1) is 15.8. The number of hydrogen-bond acceptors (Lipinski definition) is 7. The van der Waals surface area contributed by atoms with Crippen molar-refractivity contribution in [2.45, 2.75) is 51.6 Å².